The molecule has 0 radical (unpaired) electrons. The molecular weight excluding hydrogens is 254 g/mol. The maximum absolute atomic E-state index is 11.7. The number of anilines is 1. The minimum atomic E-state index is -0.189. The minimum Gasteiger partial charge on any atom is -0.370 e. The lowest BCUT2D eigenvalue weighted by Gasteiger charge is -2.30. The van der Waals surface area contributed by atoms with Crippen LogP contribution in [0.25, 0.3) is 0 Å². The summed E-state index contributed by atoms with van der Waals surface area (Å²) in [5, 5.41) is 2.72. The topological polar surface area (TPSA) is 83.6 Å². The molecule has 1 aromatic rings. The first-order chi connectivity index (χ1) is 9.65. The molecule has 108 valence electrons. The van der Waals surface area contributed by atoms with Gasteiger partial charge in [-0.25, -0.2) is 4.99 Å². The van der Waals surface area contributed by atoms with Crippen molar-refractivity contribution in [3.8, 4) is 0 Å². The number of guanidine groups is 1. The highest BCUT2D eigenvalue weighted by Crippen LogP contribution is 2.15. The van der Waals surface area contributed by atoms with Gasteiger partial charge in [0.05, 0.1) is 11.9 Å². The molecule has 1 saturated heterocycles. The number of piperidine rings is 1. The lowest BCUT2D eigenvalue weighted by atomic mass is 10.00. The Morgan fingerprint density at radius 2 is 2.30 bits per heavy atom. The predicted molar refractivity (Wildman–Crippen MR) is 79.3 cm³/mol. The minimum absolute atomic E-state index is 0.0345. The van der Waals surface area contributed by atoms with Gasteiger partial charge in [0, 0.05) is 19.3 Å². The molecule has 1 aliphatic rings. The van der Waals surface area contributed by atoms with Crippen molar-refractivity contribution in [2.24, 2.45) is 16.6 Å². The largest absolute Gasteiger partial charge is 0.370 e. The molecule has 2 rings (SSSR count). The van der Waals surface area contributed by atoms with Crippen LogP contribution in [0, 0.1) is 5.92 Å². The van der Waals surface area contributed by atoms with Crippen molar-refractivity contribution in [3.05, 3.63) is 24.5 Å². The van der Waals surface area contributed by atoms with Gasteiger partial charge in [-0.1, -0.05) is 6.92 Å². The predicted octanol–water partition coefficient (Wildman–Crippen LogP) is 1.07. The van der Waals surface area contributed by atoms with E-state index >= 15 is 0 Å². The Morgan fingerprint density at radius 1 is 1.55 bits per heavy atom. The van der Waals surface area contributed by atoms with Crippen LogP contribution in [0.15, 0.2) is 29.5 Å². The van der Waals surface area contributed by atoms with Crippen LogP contribution in [-0.4, -0.2) is 41.4 Å². The molecule has 0 aromatic carbocycles. The summed E-state index contributed by atoms with van der Waals surface area (Å²) in [4.78, 5) is 21.9. The number of amides is 1. The molecule has 1 aliphatic heterocycles. The Bertz CT molecular complexity index is 466. The number of aliphatic imine (C=N–C) groups is 1. The average Bonchev–Trinajstić information content (AvgIpc) is 2.46. The molecule has 6 nitrogen and oxygen atoms in total. The van der Waals surface area contributed by atoms with Gasteiger partial charge in [0.2, 0.25) is 5.91 Å². The van der Waals surface area contributed by atoms with Gasteiger partial charge in [-0.2, -0.15) is 0 Å². The van der Waals surface area contributed by atoms with Crippen LogP contribution in [0.4, 0.5) is 5.69 Å². The summed E-state index contributed by atoms with van der Waals surface area (Å²) in [5.74, 6) is 1.01. The first kappa shape index (κ1) is 14.3. The van der Waals surface area contributed by atoms with Crippen molar-refractivity contribution in [1.82, 2.24) is 9.88 Å². The molecule has 2 heterocycles. The molecule has 0 atom stereocenters. The highest BCUT2D eigenvalue weighted by molar-refractivity contribution is 5.93. The zero-order valence-electron chi connectivity index (χ0n) is 11.7. The smallest absolute Gasteiger partial charge is 0.246 e. The van der Waals surface area contributed by atoms with Gasteiger partial charge < -0.3 is 16.0 Å². The lowest BCUT2D eigenvalue weighted by Crippen LogP contribution is -2.42. The van der Waals surface area contributed by atoms with E-state index in [1.807, 2.05) is 4.90 Å². The second-order valence-corrected chi connectivity index (χ2v) is 5.13. The van der Waals surface area contributed by atoms with Gasteiger partial charge in [0.25, 0.3) is 0 Å². The number of hydrogen-bond acceptors (Lipinski definition) is 3. The number of carbonyl (C=O) groups is 1. The van der Waals surface area contributed by atoms with Crippen LogP contribution in [0.5, 0.6) is 0 Å². The quantitative estimate of drug-likeness (QED) is 0.638. The number of rotatable bonds is 3. The molecule has 1 amide bonds. The first-order valence-corrected chi connectivity index (χ1v) is 6.90. The summed E-state index contributed by atoms with van der Waals surface area (Å²) in [7, 11) is 0. The van der Waals surface area contributed by atoms with Gasteiger partial charge in [-0.15, -0.1) is 0 Å². The zero-order chi connectivity index (χ0) is 14.4. The van der Waals surface area contributed by atoms with Crippen LogP contribution < -0.4 is 11.1 Å². The number of nitrogens with one attached hydrogen (secondary N) is 1. The number of nitrogens with two attached hydrogens (primary N) is 1. The van der Waals surface area contributed by atoms with E-state index in [0.29, 0.717) is 11.6 Å². The number of likely N-dealkylation sites (tertiary alicyclic amines) is 1. The van der Waals surface area contributed by atoms with Crippen LogP contribution in [0.1, 0.15) is 19.8 Å². The molecule has 20 heavy (non-hydrogen) atoms. The first-order valence-electron chi connectivity index (χ1n) is 6.90. The fourth-order valence-corrected chi connectivity index (χ4v) is 2.13. The average molecular weight is 275 g/mol. The third kappa shape index (κ3) is 4.22. The Morgan fingerprint density at radius 3 is 2.95 bits per heavy atom. The van der Waals surface area contributed by atoms with Crippen LogP contribution in [-0.2, 0) is 4.79 Å². The molecule has 0 aliphatic carbocycles. The summed E-state index contributed by atoms with van der Waals surface area (Å²) in [6.45, 7) is 4.11. The van der Waals surface area contributed by atoms with Gasteiger partial charge in [-0.3, -0.25) is 9.78 Å². The Labute approximate surface area is 119 Å². The van der Waals surface area contributed by atoms with E-state index < -0.39 is 0 Å². The molecule has 1 fully saturated rings. The molecular formula is C14H21N5O. The van der Waals surface area contributed by atoms with Crippen molar-refractivity contribution in [2.75, 3.05) is 25.0 Å². The van der Waals surface area contributed by atoms with Gasteiger partial charge >= 0.3 is 0 Å². The fraction of sp³-hybridized carbons (Fsp3) is 0.500. The normalized spacial score (nSPS) is 17.1. The Balaban J connectivity index is 1.81. The molecule has 3 N–H and O–H groups in total. The molecule has 6 heteroatoms. The maximum atomic E-state index is 11.7. The van der Waals surface area contributed by atoms with Crippen LogP contribution in [0.2, 0.25) is 0 Å². The molecule has 0 spiro atoms. The van der Waals surface area contributed by atoms with E-state index in [2.05, 4.69) is 22.2 Å². The molecule has 0 saturated carbocycles. The summed E-state index contributed by atoms with van der Waals surface area (Å²) < 4.78 is 0. The van der Waals surface area contributed by atoms with Crippen molar-refractivity contribution < 1.29 is 4.79 Å². The molecule has 1 aromatic heterocycles. The maximum Gasteiger partial charge on any atom is 0.246 e. The second-order valence-electron chi connectivity index (χ2n) is 5.13. The summed E-state index contributed by atoms with van der Waals surface area (Å²) in [6.07, 6.45) is 5.50. The van der Waals surface area contributed by atoms with E-state index in [4.69, 9.17) is 5.73 Å². The van der Waals surface area contributed by atoms with Gasteiger partial charge in [0.1, 0.15) is 6.54 Å². The van der Waals surface area contributed by atoms with E-state index in [-0.39, 0.29) is 12.5 Å². The van der Waals surface area contributed by atoms with Crippen LogP contribution in [0.3, 0.4) is 0 Å². The summed E-state index contributed by atoms with van der Waals surface area (Å²) >= 11 is 0. The second kappa shape index (κ2) is 6.88. The Hall–Kier alpha value is -2.11. The fourth-order valence-electron chi connectivity index (χ4n) is 2.13. The SMILES string of the molecule is CC1CCN(C(N)=NCC(=O)Nc2cccnc2)CC1. The summed E-state index contributed by atoms with van der Waals surface area (Å²) in [6, 6.07) is 3.55. The third-order valence-electron chi connectivity index (χ3n) is 3.44. The van der Waals surface area contributed by atoms with Crippen LogP contribution >= 0.6 is 0 Å². The number of aromatic nitrogens is 1. The highest BCUT2D eigenvalue weighted by Gasteiger charge is 2.17. The number of hydrogen-bond donors (Lipinski definition) is 2. The zero-order valence-corrected chi connectivity index (χ0v) is 11.7. The van der Waals surface area contributed by atoms with E-state index in [0.717, 1.165) is 31.8 Å². The standard InChI is InChI=1S/C14H21N5O/c1-11-4-7-19(8-5-11)14(15)17-10-13(20)18-12-3-2-6-16-9-12/h2-3,6,9,11H,4-5,7-8,10H2,1H3,(H2,15,17)(H,18,20). The van der Waals surface area contributed by atoms with E-state index in [9.17, 15) is 4.79 Å². The Kier molecular flexibility index (Phi) is 4.92. The van der Waals surface area contributed by atoms with Crippen molar-refractivity contribution in [3.63, 3.8) is 0 Å². The third-order valence-corrected chi connectivity index (χ3v) is 3.44. The van der Waals surface area contributed by atoms with E-state index in [1.54, 1.807) is 24.5 Å². The summed E-state index contributed by atoms with van der Waals surface area (Å²) in [5.41, 5.74) is 6.58. The number of nitrogens with zero attached hydrogens (tertiary/aromatic N) is 3. The van der Waals surface area contributed by atoms with Crippen molar-refractivity contribution >= 4 is 17.6 Å². The number of pyridine rings is 1. The monoisotopic (exact) mass is 275 g/mol. The van der Waals surface area contributed by atoms with Crippen molar-refractivity contribution in [2.45, 2.75) is 19.8 Å². The molecule has 0 unspecified atom stereocenters. The highest BCUT2D eigenvalue weighted by atomic mass is 16.1. The lowest BCUT2D eigenvalue weighted by molar-refractivity contribution is -0.114. The van der Waals surface area contributed by atoms with Crippen molar-refractivity contribution in [1.29, 1.82) is 0 Å². The number of carbonyl (C=O) groups excluding carboxylic acids is 1. The van der Waals surface area contributed by atoms with Gasteiger partial charge in [-0.05, 0) is 30.9 Å². The van der Waals surface area contributed by atoms with Gasteiger partial charge in [0.15, 0.2) is 5.96 Å². The van der Waals surface area contributed by atoms with E-state index in [1.165, 1.54) is 0 Å². The molecule has 0 bridgehead atoms.